The molecule has 25 heavy (non-hydrogen) atoms. The Labute approximate surface area is 146 Å². The molecule has 0 aliphatic heterocycles. The van der Waals surface area contributed by atoms with E-state index >= 15 is 0 Å². The number of hydrogen-bond acceptors (Lipinski definition) is 4. The van der Waals surface area contributed by atoms with E-state index < -0.39 is 15.8 Å². The van der Waals surface area contributed by atoms with E-state index in [1.165, 1.54) is 10.6 Å². The molecule has 3 aromatic rings. The zero-order chi connectivity index (χ0) is 18.2. The van der Waals surface area contributed by atoms with Crippen LogP contribution in [0, 0.1) is 13.8 Å². The normalized spacial score (nSPS) is 11.8. The molecule has 132 valence electrons. The Morgan fingerprint density at radius 1 is 1.08 bits per heavy atom. The van der Waals surface area contributed by atoms with Crippen molar-refractivity contribution < 1.29 is 12.8 Å². The van der Waals surface area contributed by atoms with Crippen molar-refractivity contribution in [3.8, 4) is 0 Å². The molecule has 0 aliphatic carbocycles. The minimum Gasteiger partial charge on any atom is -0.408 e. The molecule has 7 heteroatoms. The maximum absolute atomic E-state index is 12.6. The molecule has 0 amide bonds. The largest absolute Gasteiger partial charge is 0.419 e. The van der Waals surface area contributed by atoms with Crippen molar-refractivity contribution in [1.29, 1.82) is 0 Å². The molecule has 0 aliphatic rings. The molecule has 0 spiro atoms. The van der Waals surface area contributed by atoms with Gasteiger partial charge in [0, 0.05) is 12.6 Å². The molecule has 1 heterocycles. The lowest BCUT2D eigenvalue weighted by atomic mass is 10.1. The monoisotopic (exact) mass is 360 g/mol. The van der Waals surface area contributed by atoms with Crippen LogP contribution in [0.15, 0.2) is 50.5 Å². The number of benzene rings is 2. The van der Waals surface area contributed by atoms with Crippen molar-refractivity contribution in [2.75, 3.05) is 4.72 Å². The van der Waals surface area contributed by atoms with Crippen LogP contribution < -0.4 is 10.5 Å². The third kappa shape index (κ3) is 3.32. The number of aryl methyl sites for hydroxylation is 3. The van der Waals surface area contributed by atoms with Crippen LogP contribution in [0.1, 0.15) is 24.5 Å². The Morgan fingerprint density at radius 3 is 2.52 bits per heavy atom. The SMILES string of the molecule is CCCn1c(=O)oc2cc(NS(=O)(=O)c3ccc(C)c(C)c3)ccc21. The predicted molar refractivity (Wildman–Crippen MR) is 97.5 cm³/mol. The molecule has 6 nitrogen and oxygen atoms in total. The lowest BCUT2D eigenvalue weighted by Gasteiger charge is -2.10. The molecule has 0 saturated carbocycles. The fourth-order valence-electron chi connectivity index (χ4n) is 2.66. The van der Waals surface area contributed by atoms with E-state index in [1.54, 1.807) is 30.3 Å². The maximum Gasteiger partial charge on any atom is 0.419 e. The first-order valence-corrected chi connectivity index (χ1v) is 9.53. The molecule has 0 atom stereocenters. The van der Waals surface area contributed by atoms with Gasteiger partial charge in [0.25, 0.3) is 10.0 Å². The summed E-state index contributed by atoms with van der Waals surface area (Å²) in [4.78, 5) is 12.1. The number of nitrogens with zero attached hydrogens (tertiary/aromatic N) is 1. The molecule has 1 aromatic heterocycles. The molecule has 3 rings (SSSR count). The molecule has 2 aromatic carbocycles. The third-order valence-corrected chi connectivity index (χ3v) is 5.54. The number of oxazole rings is 1. The van der Waals surface area contributed by atoms with Crippen molar-refractivity contribution in [3.05, 3.63) is 58.1 Å². The lowest BCUT2D eigenvalue weighted by molar-refractivity contribution is 0.502. The number of hydrogen-bond donors (Lipinski definition) is 1. The lowest BCUT2D eigenvalue weighted by Crippen LogP contribution is -2.14. The first-order valence-electron chi connectivity index (χ1n) is 8.05. The Hall–Kier alpha value is -2.54. The molecule has 0 unspecified atom stereocenters. The highest BCUT2D eigenvalue weighted by atomic mass is 32.2. The van der Waals surface area contributed by atoms with Gasteiger partial charge in [0.05, 0.1) is 16.1 Å². The highest BCUT2D eigenvalue weighted by molar-refractivity contribution is 7.92. The zero-order valence-corrected chi connectivity index (χ0v) is 15.2. The standard InChI is InChI=1S/C18H20N2O4S/c1-4-9-20-16-8-6-14(11-17(16)24-18(20)21)19-25(22,23)15-7-5-12(2)13(3)10-15/h5-8,10-11,19H,4,9H2,1-3H3. The van der Waals surface area contributed by atoms with E-state index in [1.807, 2.05) is 20.8 Å². The molecule has 0 saturated heterocycles. The van der Waals surface area contributed by atoms with Gasteiger partial charge in [0.2, 0.25) is 0 Å². The van der Waals surface area contributed by atoms with E-state index in [9.17, 15) is 13.2 Å². The van der Waals surface area contributed by atoms with Crippen molar-refractivity contribution in [2.24, 2.45) is 0 Å². The topological polar surface area (TPSA) is 81.3 Å². The summed E-state index contributed by atoms with van der Waals surface area (Å²) in [5, 5.41) is 0. The first-order chi connectivity index (χ1) is 11.8. The minimum absolute atomic E-state index is 0.195. The second-order valence-corrected chi connectivity index (χ2v) is 7.74. The average Bonchev–Trinajstić information content (AvgIpc) is 2.85. The smallest absolute Gasteiger partial charge is 0.408 e. The summed E-state index contributed by atoms with van der Waals surface area (Å²) >= 11 is 0. The predicted octanol–water partition coefficient (Wildman–Crippen LogP) is 3.42. The summed E-state index contributed by atoms with van der Waals surface area (Å²) in [7, 11) is -3.71. The summed E-state index contributed by atoms with van der Waals surface area (Å²) in [5.41, 5.74) is 3.29. The molecule has 0 bridgehead atoms. The van der Waals surface area contributed by atoms with E-state index in [-0.39, 0.29) is 4.90 Å². The van der Waals surface area contributed by atoms with Gasteiger partial charge in [-0.2, -0.15) is 0 Å². The van der Waals surface area contributed by atoms with Crippen molar-refractivity contribution in [2.45, 2.75) is 38.6 Å². The second-order valence-electron chi connectivity index (χ2n) is 6.05. The summed E-state index contributed by atoms with van der Waals surface area (Å²) < 4.78 is 34.4. The van der Waals surface area contributed by atoms with Gasteiger partial charge >= 0.3 is 5.76 Å². The molecular weight excluding hydrogens is 340 g/mol. The summed E-state index contributed by atoms with van der Waals surface area (Å²) in [6.07, 6.45) is 0.801. The number of fused-ring (bicyclic) bond motifs is 1. The van der Waals surface area contributed by atoms with Crippen LogP contribution in [0.25, 0.3) is 11.1 Å². The van der Waals surface area contributed by atoms with E-state index in [0.717, 1.165) is 17.5 Å². The van der Waals surface area contributed by atoms with Crippen LogP contribution in [-0.2, 0) is 16.6 Å². The average molecular weight is 360 g/mol. The van der Waals surface area contributed by atoms with Crippen LogP contribution in [0.2, 0.25) is 0 Å². The Balaban J connectivity index is 1.97. The number of nitrogens with one attached hydrogen (secondary N) is 1. The second kappa shape index (κ2) is 6.40. The Bertz CT molecular complexity index is 1090. The Kier molecular flexibility index (Phi) is 4.43. The highest BCUT2D eigenvalue weighted by Gasteiger charge is 2.16. The van der Waals surface area contributed by atoms with E-state index in [0.29, 0.717) is 23.3 Å². The van der Waals surface area contributed by atoms with Crippen LogP contribution in [-0.4, -0.2) is 13.0 Å². The van der Waals surface area contributed by atoms with Crippen LogP contribution in [0.4, 0.5) is 5.69 Å². The first kappa shape index (κ1) is 17.3. The molecule has 0 radical (unpaired) electrons. The van der Waals surface area contributed by atoms with Gasteiger partial charge in [-0.05, 0) is 55.7 Å². The number of rotatable bonds is 5. The van der Waals surface area contributed by atoms with Crippen LogP contribution in [0.5, 0.6) is 0 Å². The van der Waals surface area contributed by atoms with Crippen molar-refractivity contribution in [3.63, 3.8) is 0 Å². The van der Waals surface area contributed by atoms with Gasteiger partial charge in [-0.3, -0.25) is 9.29 Å². The third-order valence-electron chi connectivity index (χ3n) is 4.16. The van der Waals surface area contributed by atoms with Gasteiger partial charge in [-0.1, -0.05) is 13.0 Å². The quantitative estimate of drug-likeness (QED) is 0.756. The Morgan fingerprint density at radius 2 is 1.84 bits per heavy atom. The molecule has 0 fully saturated rings. The van der Waals surface area contributed by atoms with E-state index in [4.69, 9.17) is 4.42 Å². The van der Waals surface area contributed by atoms with Gasteiger partial charge in [0.1, 0.15) is 0 Å². The summed E-state index contributed by atoms with van der Waals surface area (Å²) in [6.45, 7) is 6.32. The number of aromatic nitrogens is 1. The summed E-state index contributed by atoms with van der Waals surface area (Å²) in [6, 6.07) is 9.82. The van der Waals surface area contributed by atoms with E-state index in [2.05, 4.69) is 4.72 Å². The van der Waals surface area contributed by atoms with Crippen molar-refractivity contribution >= 4 is 26.8 Å². The van der Waals surface area contributed by atoms with Crippen LogP contribution >= 0.6 is 0 Å². The fourth-order valence-corrected chi connectivity index (χ4v) is 3.79. The van der Waals surface area contributed by atoms with Gasteiger partial charge < -0.3 is 4.42 Å². The molecular formula is C18H20N2O4S. The highest BCUT2D eigenvalue weighted by Crippen LogP contribution is 2.22. The number of sulfonamides is 1. The zero-order valence-electron chi connectivity index (χ0n) is 14.4. The minimum atomic E-state index is -3.71. The van der Waals surface area contributed by atoms with Crippen molar-refractivity contribution in [1.82, 2.24) is 4.57 Å². The van der Waals surface area contributed by atoms with Crippen LogP contribution in [0.3, 0.4) is 0 Å². The fraction of sp³-hybridized carbons (Fsp3) is 0.278. The number of anilines is 1. The van der Waals surface area contributed by atoms with Gasteiger partial charge in [-0.15, -0.1) is 0 Å². The maximum atomic E-state index is 12.6. The van der Waals surface area contributed by atoms with Gasteiger partial charge in [0.15, 0.2) is 5.58 Å². The van der Waals surface area contributed by atoms with Gasteiger partial charge in [-0.25, -0.2) is 13.2 Å². The molecule has 1 N–H and O–H groups in total. The summed E-state index contributed by atoms with van der Waals surface area (Å²) in [5.74, 6) is -0.439.